The third-order valence-corrected chi connectivity index (χ3v) is 3.63. The van der Waals surface area contributed by atoms with E-state index in [1.54, 1.807) is 6.92 Å². The van der Waals surface area contributed by atoms with Gasteiger partial charge in [-0.1, -0.05) is 0 Å². The van der Waals surface area contributed by atoms with E-state index in [4.69, 9.17) is 4.74 Å². The molecule has 1 aromatic heterocycles. The van der Waals surface area contributed by atoms with Gasteiger partial charge in [-0.05, 0) is 19.1 Å². The van der Waals surface area contributed by atoms with Crippen LogP contribution < -0.4 is 5.32 Å². The van der Waals surface area contributed by atoms with Gasteiger partial charge in [-0.2, -0.15) is 13.2 Å². The predicted octanol–water partition coefficient (Wildman–Crippen LogP) is 1.32. The zero-order chi connectivity index (χ0) is 15.7. The molecule has 2 unspecified atom stereocenters. The molecule has 2 atom stereocenters. The third-order valence-electron chi connectivity index (χ3n) is 3.63. The van der Waals surface area contributed by atoms with Crippen molar-refractivity contribution in [1.82, 2.24) is 9.88 Å². The summed E-state index contributed by atoms with van der Waals surface area (Å²) in [6, 6.07) is 2.68. The van der Waals surface area contributed by atoms with Crippen LogP contribution in [0.5, 0.6) is 0 Å². The largest absolute Gasteiger partial charge is 0.406 e. The molecule has 1 saturated heterocycles. The number of hydrogen-bond donors (Lipinski definition) is 2. The standard InChI is InChI=1S/C13H17F3N2O3/c1-9-12(20,4-6-21-9)7-17-11(19)10-3-2-5-18(10)8-13(14,15)16/h2-3,5,9,20H,4,6-8H2,1H3,(H,17,19). The van der Waals surface area contributed by atoms with Gasteiger partial charge >= 0.3 is 6.18 Å². The number of nitrogens with zero attached hydrogens (tertiary/aromatic N) is 1. The highest BCUT2D eigenvalue weighted by Crippen LogP contribution is 2.25. The van der Waals surface area contributed by atoms with Crippen LogP contribution in [0.25, 0.3) is 0 Å². The van der Waals surface area contributed by atoms with Gasteiger partial charge < -0.3 is 19.7 Å². The molecule has 1 aromatic rings. The summed E-state index contributed by atoms with van der Waals surface area (Å²) < 4.78 is 43.2. The topological polar surface area (TPSA) is 63.5 Å². The molecule has 1 aliphatic heterocycles. The summed E-state index contributed by atoms with van der Waals surface area (Å²) in [4.78, 5) is 12.0. The van der Waals surface area contributed by atoms with Crippen LogP contribution in [0, 0.1) is 0 Å². The van der Waals surface area contributed by atoms with Crippen molar-refractivity contribution in [3.05, 3.63) is 24.0 Å². The first kappa shape index (κ1) is 15.8. The Morgan fingerprint density at radius 2 is 2.33 bits per heavy atom. The smallest absolute Gasteiger partial charge is 0.385 e. The molecule has 1 amide bonds. The Balaban J connectivity index is 2.00. The van der Waals surface area contributed by atoms with E-state index in [2.05, 4.69) is 5.32 Å². The highest BCUT2D eigenvalue weighted by atomic mass is 19.4. The van der Waals surface area contributed by atoms with E-state index in [9.17, 15) is 23.1 Å². The molecule has 0 radical (unpaired) electrons. The van der Waals surface area contributed by atoms with Gasteiger partial charge in [0.05, 0.1) is 6.10 Å². The molecular weight excluding hydrogens is 289 g/mol. The minimum absolute atomic E-state index is 0.0653. The third kappa shape index (κ3) is 3.76. The molecule has 0 spiro atoms. The highest BCUT2D eigenvalue weighted by molar-refractivity contribution is 5.92. The lowest BCUT2D eigenvalue weighted by Gasteiger charge is -2.26. The first-order valence-corrected chi connectivity index (χ1v) is 6.55. The lowest BCUT2D eigenvalue weighted by Crippen LogP contribution is -2.47. The monoisotopic (exact) mass is 306 g/mol. The zero-order valence-electron chi connectivity index (χ0n) is 11.5. The van der Waals surface area contributed by atoms with Crippen LogP contribution >= 0.6 is 0 Å². The molecule has 8 heteroatoms. The van der Waals surface area contributed by atoms with Crippen molar-refractivity contribution in [3.63, 3.8) is 0 Å². The number of aliphatic hydroxyl groups is 1. The van der Waals surface area contributed by atoms with Crippen molar-refractivity contribution < 1.29 is 27.8 Å². The Bertz CT molecular complexity index is 515. The number of carbonyl (C=O) groups is 1. The van der Waals surface area contributed by atoms with Crippen LogP contribution in [0.1, 0.15) is 23.8 Å². The summed E-state index contributed by atoms with van der Waals surface area (Å²) in [7, 11) is 0. The second-order valence-electron chi connectivity index (χ2n) is 5.19. The second kappa shape index (κ2) is 5.69. The molecule has 2 rings (SSSR count). The molecule has 2 N–H and O–H groups in total. The quantitative estimate of drug-likeness (QED) is 0.882. The Morgan fingerprint density at radius 1 is 1.62 bits per heavy atom. The van der Waals surface area contributed by atoms with Crippen molar-refractivity contribution >= 4 is 5.91 Å². The molecule has 1 aliphatic rings. The zero-order valence-corrected chi connectivity index (χ0v) is 11.5. The summed E-state index contributed by atoms with van der Waals surface area (Å²) in [5.74, 6) is -0.656. The molecule has 1 fully saturated rings. The fraction of sp³-hybridized carbons (Fsp3) is 0.615. The van der Waals surface area contributed by atoms with Gasteiger partial charge in [0, 0.05) is 25.8 Å². The average molecular weight is 306 g/mol. The summed E-state index contributed by atoms with van der Waals surface area (Å²) in [5.41, 5.74) is -1.28. The number of amides is 1. The maximum absolute atomic E-state index is 12.4. The number of carbonyl (C=O) groups excluding carboxylic acids is 1. The average Bonchev–Trinajstić information content (AvgIpc) is 2.93. The van der Waals surface area contributed by atoms with Crippen molar-refractivity contribution in [3.8, 4) is 0 Å². The van der Waals surface area contributed by atoms with Crippen LogP contribution in [0.15, 0.2) is 18.3 Å². The number of rotatable bonds is 4. The summed E-state index contributed by atoms with van der Waals surface area (Å²) in [6.45, 7) is 0.778. The van der Waals surface area contributed by atoms with Gasteiger partial charge in [0.15, 0.2) is 0 Å². The Labute approximate surface area is 119 Å². The summed E-state index contributed by atoms with van der Waals surface area (Å²) in [6.07, 6.45) is -3.27. The van der Waals surface area contributed by atoms with E-state index >= 15 is 0 Å². The summed E-state index contributed by atoms with van der Waals surface area (Å²) in [5, 5.41) is 12.7. The molecule has 0 aromatic carbocycles. The van der Waals surface area contributed by atoms with E-state index in [-0.39, 0.29) is 12.2 Å². The van der Waals surface area contributed by atoms with Crippen LogP contribution in [-0.4, -0.2) is 46.6 Å². The van der Waals surface area contributed by atoms with E-state index in [1.807, 2.05) is 0 Å². The number of nitrogens with one attached hydrogen (secondary N) is 1. The first-order valence-electron chi connectivity index (χ1n) is 6.55. The van der Waals surface area contributed by atoms with Gasteiger partial charge in [0.25, 0.3) is 5.91 Å². The van der Waals surface area contributed by atoms with E-state index in [0.29, 0.717) is 13.0 Å². The van der Waals surface area contributed by atoms with Crippen LogP contribution in [0.4, 0.5) is 13.2 Å². The molecule has 118 valence electrons. The van der Waals surface area contributed by atoms with Gasteiger partial charge in [0.1, 0.15) is 17.8 Å². The lowest BCUT2D eigenvalue weighted by molar-refractivity contribution is -0.140. The summed E-state index contributed by atoms with van der Waals surface area (Å²) >= 11 is 0. The fourth-order valence-electron chi connectivity index (χ4n) is 2.28. The Hall–Kier alpha value is -1.54. The van der Waals surface area contributed by atoms with Crippen molar-refractivity contribution in [2.24, 2.45) is 0 Å². The maximum atomic E-state index is 12.4. The molecule has 2 heterocycles. The highest BCUT2D eigenvalue weighted by Gasteiger charge is 2.40. The number of aromatic nitrogens is 1. The van der Waals surface area contributed by atoms with Crippen molar-refractivity contribution in [2.75, 3.05) is 13.2 Å². The predicted molar refractivity (Wildman–Crippen MR) is 67.8 cm³/mol. The number of ether oxygens (including phenoxy) is 1. The van der Waals surface area contributed by atoms with E-state index in [1.165, 1.54) is 18.3 Å². The minimum atomic E-state index is -4.40. The molecule has 0 saturated carbocycles. The molecule has 5 nitrogen and oxygen atoms in total. The first-order chi connectivity index (χ1) is 9.71. The number of halogens is 3. The van der Waals surface area contributed by atoms with Gasteiger partial charge in [-0.3, -0.25) is 4.79 Å². The van der Waals surface area contributed by atoms with E-state index in [0.717, 1.165) is 4.57 Å². The van der Waals surface area contributed by atoms with Gasteiger partial charge in [0.2, 0.25) is 0 Å². The SMILES string of the molecule is CC1OCCC1(O)CNC(=O)c1cccn1CC(F)(F)F. The molecule has 0 bridgehead atoms. The maximum Gasteiger partial charge on any atom is 0.406 e. The minimum Gasteiger partial charge on any atom is -0.385 e. The number of hydrogen-bond acceptors (Lipinski definition) is 3. The van der Waals surface area contributed by atoms with Crippen LogP contribution in [0.2, 0.25) is 0 Å². The van der Waals surface area contributed by atoms with Crippen LogP contribution in [0.3, 0.4) is 0 Å². The Kier molecular flexibility index (Phi) is 4.29. The lowest BCUT2D eigenvalue weighted by atomic mass is 9.97. The van der Waals surface area contributed by atoms with Gasteiger partial charge in [-0.25, -0.2) is 0 Å². The molecule has 0 aliphatic carbocycles. The normalized spacial score (nSPS) is 26.0. The van der Waals surface area contributed by atoms with Crippen molar-refractivity contribution in [2.45, 2.75) is 37.8 Å². The number of alkyl halides is 3. The van der Waals surface area contributed by atoms with E-state index < -0.39 is 30.3 Å². The second-order valence-corrected chi connectivity index (χ2v) is 5.19. The fourth-order valence-corrected chi connectivity index (χ4v) is 2.28. The van der Waals surface area contributed by atoms with Crippen LogP contribution in [-0.2, 0) is 11.3 Å². The van der Waals surface area contributed by atoms with Crippen molar-refractivity contribution in [1.29, 1.82) is 0 Å². The molecular formula is C13H17F3N2O3. The van der Waals surface area contributed by atoms with Gasteiger partial charge in [-0.15, -0.1) is 0 Å². The Morgan fingerprint density at radius 3 is 2.90 bits per heavy atom. The molecule has 21 heavy (non-hydrogen) atoms.